The highest BCUT2D eigenvalue weighted by Crippen LogP contribution is 2.30. The second kappa shape index (κ2) is 4.18. The standard InChI is InChI=1S/C12H12N2O2/c1-2-14-12(9(8-15)7-13-14)10-5-3-4-6-11(10)16/h3-8,16H,2H2,1H3. The molecule has 1 aromatic heterocycles. The molecule has 0 atom stereocenters. The molecule has 1 aromatic carbocycles. The summed E-state index contributed by atoms with van der Waals surface area (Å²) in [5, 5.41) is 13.9. The zero-order valence-electron chi connectivity index (χ0n) is 8.92. The van der Waals surface area contributed by atoms with Gasteiger partial charge in [0, 0.05) is 12.1 Å². The normalized spacial score (nSPS) is 10.3. The van der Waals surface area contributed by atoms with Crippen LogP contribution < -0.4 is 0 Å². The molecule has 0 radical (unpaired) electrons. The third-order valence-electron chi connectivity index (χ3n) is 2.45. The van der Waals surface area contributed by atoms with Crippen LogP contribution in [0.25, 0.3) is 11.3 Å². The van der Waals surface area contributed by atoms with Gasteiger partial charge in [-0.3, -0.25) is 9.48 Å². The average molecular weight is 216 g/mol. The summed E-state index contributed by atoms with van der Waals surface area (Å²) in [6, 6.07) is 6.92. The summed E-state index contributed by atoms with van der Waals surface area (Å²) in [5.41, 5.74) is 1.78. The predicted molar refractivity (Wildman–Crippen MR) is 60.4 cm³/mol. The van der Waals surface area contributed by atoms with Crippen molar-refractivity contribution in [1.82, 2.24) is 9.78 Å². The fraction of sp³-hybridized carbons (Fsp3) is 0.167. The van der Waals surface area contributed by atoms with Crippen molar-refractivity contribution >= 4 is 6.29 Å². The van der Waals surface area contributed by atoms with Crippen LogP contribution in [0.4, 0.5) is 0 Å². The Morgan fingerprint density at radius 1 is 1.44 bits per heavy atom. The van der Waals surface area contributed by atoms with E-state index in [0.717, 1.165) is 6.29 Å². The van der Waals surface area contributed by atoms with Crippen LogP contribution in [0.15, 0.2) is 30.5 Å². The molecule has 82 valence electrons. The largest absolute Gasteiger partial charge is 0.507 e. The number of rotatable bonds is 3. The van der Waals surface area contributed by atoms with E-state index in [1.807, 2.05) is 13.0 Å². The molecule has 16 heavy (non-hydrogen) atoms. The van der Waals surface area contributed by atoms with Crippen molar-refractivity contribution in [1.29, 1.82) is 0 Å². The number of hydrogen-bond donors (Lipinski definition) is 1. The van der Waals surface area contributed by atoms with E-state index in [4.69, 9.17) is 0 Å². The SMILES string of the molecule is CCn1ncc(C=O)c1-c1ccccc1O. The Balaban J connectivity index is 2.67. The van der Waals surface area contributed by atoms with Gasteiger partial charge in [-0.1, -0.05) is 12.1 Å². The van der Waals surface area contributed by atoms with Gasteiger partial charge in [0.05, 0.1) is 17.5 Å². The van der Waals surface area contributed by atoms with Gasteiger partial charge in [0.2, 0.25) is 0 Å². The molecule has 0 saturated heterocycles. The topological polar surface area (TPSA) is 55.1 Å². The molecule has 2 aromatic rings. The minimum Gasteiger partial charge on any atom is -0.507 e. The van der Waals surface area contributed by atoms with Crippen LogP contribution in [0.5, 0.6) is 5.75 Å². The van der Waals surface area contributed by atoms with E-state index in [-0.39, 0.29) is 5.75 Å². The lowest BCUT2D eigenvalue weighted by atomic mass is 10.1. The third kappa shape index (κ3) is 1.58. The smallest absolute Gasteiger partial charge is 0.153 e. The van der Waals surface area contributed by atoms with Gasteiger partial charge in [-0.05, 0) is 19.1 Å². The van der Waals surface area contributed by atoms with Gasteiger partial charge in [0.15, 0.2) is 6.29 Å². The number of carbonyl (C=O) groups excluding carboxylic acids is 1. The highest BCUT2D eigenvalue weighted by molar-refractivity contribution is 5.87. The van der Waals surface area contributed by atoms with Gasteiger partial charge in [-0.25, -0.2) is 0 Å². The summed E-state index contributed by atoms with van der Waals surface area (Å²) < 4.78 is 1.69. The fourth-order valence-electron chi connectivity index (χ4n) is 1.69. The lowest BCUT2D eigenvalue weighted by Gasteiger charge is -2.07. The second-order valence-corrected chi connectivity index (χ2v) is 3.40. The second-order valence-electron chi connectivity index (χ2n) is 3.40. The van der Waals surface area contributed by atoms with Crippen LogP contribution in [0.3, 0.4) is 0 Å². The molecular weight excluding hydrogens is 204 g/mol. The molecular formula is C12H12N2O2. The summed E-state index contributed by atoms with van der Waals surface area (Å²) in [7, 11) is 0. The molecule has 1 N–H and O–H groups in total. The lowest BCUT2D eigenvalue weighted by Crippen LogP contribution is -2.00. The summed E-state index contributed by atoms with van der Waals surface area (Å²) in [4.78, 5) is 10.9. The van der Waals surface area contributed by atoms with Crippen molar-refractivity contribution in [2.24, 2.45) is 0 Å². The first-order valence-electron chi connectivity index (χ1n) is 5.07. The summed E-state index contributed by atoms with van der Waals surface area (Å²) in [6.07, 6.45) is 2.26. The molecule has 0 bridgehead atoms. The number of aryl methyl sites for hydroxylation is 1. The van der Waals surface area contributed by atoms with Crippen LogP contribution in [0.1, 0.15) is 17.3 Å². The number of aldehydes is 1. The molecule has 2 rings (SSSR count). The number of phenolic OH excluding ortho intramolecular Hbond substituents is 1. The Morgan fingerprint density at radius 3 is 2.81 bits per heavy atom. The highest BCUT2D eigenvalue weighted by Gasteiger charge is 2.14. The van der Waals surface area contributed by atoms with Gasteiger partial charge >= 0.3 is 0 Å². The van der Waals surface area contributed by atoms with E-state index in [1.165, 1.54) is 6.20 Å². The van der Waals surface area contributed by atoms with Crippen LogP contribution in [-0.4, -0.2) is 21.2 Å². The summed E-state index contributed by atoms with van der Waals surface area (Å²) >= 11 is 0. The first-order valence-corrected chi connectivity index (χ1v) is 5.07. The number of aromatic hydroxyl groups is 1. The summed E-state index contributed by atoms with van der Waals surface area (Å²) in [5.74, 6) is 0.154. The van der Waals surface area contributed by atoms with E-state index in [2.05, 4.69) is 5.10 Å². The molecule has 0 spiro atoms. The fourth-order valence-corrected chi connectivity index (χ4v) is 1.69. The molecule has 4 nitrogen and oxygen atoms in total. The number of para-hydroxylation sites is 1. The zero-order valence-corrected chi connectivity index (χ0v) is 8.92. The van der Waals surface area contributed by atoms with E-state index >= 15 is 0 Å². The van der Waals surface area contributed by atoms with Gasteiger partial charge < -0.3 is 5.11 Å². The van der Waals surface area contributed by atoms with Crippen LogP contribution >= 0.6 is 0 Å². The zero-order chi connectivity index (χ0) is 11.5. The van der Waals surface area contributed by atoms with Gasteiger partial charge in [-0.15, -0.1) is 0 Å². The van der Waals surface area contributed by atoms with Crippen LogP contribution in [0.2, 0.25) is 0 Å². The number of nitrogens with zero attached hydrogens (tertiary/aromatic N) is 2. The van der Waals surface area contributed by atoms with E-state index < -0.39 is 0 Å². The number of carbonyl (C=O) groups is 1. The maximum absolute atomic E-state index is 10.9. The maximum Gasteiger partial charge on any atom is 0.153 e. The summed E-state index contributed by atoms with van der Waals surface area (Å²) in [6.45, 7) is 2.59. The Morgan fingerprint density at radius 2 is 2.19 bits per heavy atom. The van der Waals surface area contributed by atoms with Crippen molar-refractivity contribution in [3.8, 4) is 17.0 Å². The Bertz CT molecular complexity index is 517. The monoisotopic (exact) mass is 216 g/mol. The van der Waals surface area contributed by atoms with Gasteiger partial charge in [0.25, 0.3) is 0 Å². The molecule has 0 aliphatic rings. The van der Waals surface area contributed by atoms with Crippen molar-refractivity contribution in [3.05, 3.63) is 36.0 Å². The highest BCUT2D eigenvalue weighted by atomic mass is 16.3. The molecule has 4 heteroatoms. The maximum atomic E-state index is 10.9. The van der Waals surface area contributed by atoms with E-state index in [1.54, 1.807) is 22.9 Å². The Hall–Kier alpha value is -2.10. The van der Waals surface area contributed by atoms with Crippen LogP contribution in [0, 0.1) is 0 Å². The lowest BCUT2D eigenvalue weighted by molar-refractivity contribution is 0.112. The number of benzene rings is 1. The molecule has 0 aliphatic heterocycles. The van der Waals surface area contributed by atoms with E-state index in [9.17, 15) is 9.90 Å². The molecule has 0 saturated carbocycles. The van der Waals surface area contributed by atoms with Crippen molar-refractivity contribution in [2.45, 2.75) is 13.5 Å². The minimum atomic E-state index is 0.154. The van der Waals surface area contributed by atoms with Crippen molar-refractivity contribution < 1.29 is 9.90 Å². The quantitative estimate of drug-likeness (QED) is 0.799. The van der Waals surface area contributed by atoms with Crippen LogP contribution in [-0.2, 0) is 6.54 Å². The first kappa shape index (κ1) is 10.4. The minimum absolute atomic E-state index is 0.154. The first-order chi connectivity index (χ1) is 7.77. The number of hydrogen-bond acceptors (Lipinski definition) is 3. The van der Waals surface area contributed by atoms with Gasteiger partial charge in [0.1, 0.15) is 5.75 Å². The molecule has 0 fully saturated rings. The molecule has 1 heterocycles. The predicted octanol–water partition coefficient (Wildman–Crippen LogP) is 2.09. The van der Waals surface area contributed by atoms with Gasteiger partial charge in [-0.2, -0.15) is 5.10 Å². The number of aromatic nitrogens is 2. The number of phenols is 1. The average Bonchev–Trinajstić information content (AvgIpc) is 2.72. The van der Waals surface area contributed by atoms with Crippen molar-refractivity contribution in [3.63, 3.8) is 0 Å². The molecule has 0 aliphatic carbocycles. The Kier molecular flexibility index (Phi) is 2.72. The Labute approximate surface area is 93.1 Å². The molecule has 0 amide bonds. The third-order valence-corrected chi connectivity index (χ3v) is 2.45. The molecule has 0 unspecified atom stereocenters. The van der Waals surface area contributed by atoms with E-state index in [0.29, 0.717) is 23.4 Å². The van der Waals surface area contributed by atoms with Crippen molar-refractivity contribution in [2.75, 3.05) is 0 Å².